The van der Waals surface area contributed by atoms with Crippen LogP contribution in [0.25, 0.3) is 0 Å². The second-order valence-electron chi connectivity index (χ2n) is 3.97. The lowest BCUT2D eigenvalue weighted by atomic mass is 10.1. The number of hydrogen-bond acceptors (Lipinski definition) is 4. The molecule has 1 aromatic carbocycles. The van der Waals surface area contributed by atoms with Crippen molar-refractivity contribution in [2.24, 2.45) is 0 Å². The summed E-state index contributed by atoms with van der Waals surface area (Å²) in [5.41, 5.74) is -0.120. The van der Waals surface area contributed by atoms with Gasteiger partial charge in [-0.25, -0.2) is 0 Å². The van der Waals surface area contributed by atoms with Crippen LogP contribution in [0, 0.1) is 0 Å². The predicted molar refractivity (Wildman–Crippen MR) is 70.4 cm³/mol. The van der Waals surface area contributed by atoms with Gasteiger partial charge in [0.25, 0.3) is 11.8 Å². The van der Waals surface area contributed by atoms with Crippen molar-refractivity contribution < 1.29 is 19.8 Å². The van der Waals surface area contributed by atoms with Gasteiger partial charge < -0.3 is 20.8 Å². The number of hydrogen-bond donors (Lipinski definition) is 4. The first-order valence-electron chi connectivity index (χ1n) is 6.14. The first kappa shape index (κ1) is 14.8. The topological polar surface area (TPSA) is 98.7 Å². The fraction of sp³-hybridized carbons (Fsp3) is 0.385. The van der Waals surface area contributed by atoms with Gasteiger partial charge >= 0.3 is 0 Å². The maximum Gasteiger partial charge on any atom is 0.255 e. The van der Waals surface area contributed by atoms with Crippen molar-refractivity contribution in [2.45, 2.75) is 20.3 Å². The van der Waals surface area contributed by atoms with E-state index in [1.807, 2.05) is 6.92 Å². The van der Waals surface area contributed by atoms with Gasteiger partial charge in [-0.15, -0.1) is 0 Å². The Labute approximate surface area is 111 Å². The van der Waals surface area contributed by atoms with E-state index < -0.39 is 23.3 Å². The first-order valence-corrected chi connectivity index (χ1v) is 6.14. The molecule has 2 amide bonds. The van der Waals surface area contributed by atoms with Crippen molar-refractivity contribution in [1.82, 2.24) is 10.6 Å². The molecule has 4 N–H and O–H groups in total. The van der Waals surface area contributed by atoms with Crippen LogP contribution in [0.1, 0.15) is 41.0 Å². The van der Waals surface area contributed by atoms with E-state index in [0.717, 1.165) is 6.42 Å². The Morgan fingerprint density at radius 1 is 1.00 bits per heavy atom. The Kier molecular flexibility index (Phi) is 5.17. The number of aromatic hydroxyl groups is 2. The molecule has 6 nitrogen and oxygen atoms in total. The predicted octanol–water partition coefficient (Wildman–Crippen LogP) is 0.987. The number of carbonyl (C=O) groups is 2. The maximum atomic E-state index is 11.7. The Balaban J connectivity index is 3.04. The van der Waals surface area contributed by atoms with E-state index in [-0.39, 0.29) is 11.1 Å². The van der Waals surface area contributed by atoms with Crippen LogP contribution in [0.4, 0.5) is 0 Å². The molecule has 0 bridgehead atoms. The van der Waals surface area contributed by atoms with Gasteiger partial charge in [0.15, 0.2) is 11.5 Å². The minimum atomic E-state index is -0.588. The molecule has 0 spiro atoms. The van der Waals surface area contributed by atoms with Crippen LogP contribution >= 0.6 is 0 Å². The van der Waals surface area contributed by atoms with Gasteiger partial charge in [0.2, 0.25) is 0 Å². The molecule has 0 aliphatic heterocycles. The molecule has 1 aromatic rings. The molecule has 1 rings (SSSR count). The summed E-state index contributed by atoms with van der Waals surface area (Å²) in [5.74, 6) is -2.17. The fourth-order valence-electron chi connectivity index (χ4n) is 1.54. The van der Waals surface area contributed by atoms with E-state index in [2.05, 4.69) is 10.6 Å². The zero-order valence-electron chi connectivity index (χ0n) is 11.0. The Morgan fingerprint density at radius 2 is 1.47 bits per heavy atom. The van der Waals surface area contributed by atoms with Crippen LogP contribution in [0.15, 0.2) is 12.1 Å². The third-order valence-corrected chi connectivity index (χ3v) is 2.51. The molecule has 0 saturated carbocycles. The summed E-state index contributed by atoms with van der Waals surface area (Å²) in [5, 5.41) is 24.6. The lowest BCUT2D eigenvalue weighted by molar-refractivity contribution is 0.0937. The van der Waals surface area contributed by atoms with E-state index in [0.29, 0.717) is 13.1 Å². The van der Waals surface area contributed by atoms with Crippen molar-refractivity contribution in [3.05, 3.63) is 23.3 Å². The highest BCUT2D eigenvalue weighted by molar-refractivity contribution is 6.02. The SMILES string of the molecule is CCCNC(=O)c1ccc(C(=O)NCC)c(O)c1O. The Morgan fingerprint density at radius 3 is 1.89 bits per heavy atom. The summed E-state index contributed by atoms with van der Waals surface area (Å²) in [7, 11) is 0. The molecule has 6 heteroatoms. The molecule has 19 heavy (non-hydrogen) atoms. The third-order valence-electron chi connectivity index (χ3n) is 2.51. The van der Waals surface area contributed by atoms with Crippen LogP contribution in [0.5, 0.6) is 11.5 Å². The number of amides is 2. The van der Waals surface area contributed by atoms with Gasteiger partial charge in [-0.3, -0.25) is 9.59 Å². The van der Waals surface area contributed by atoms with E-state index in [1.165, 1.54) is 12.1 Å². The number of benzene rings is 1. The van der Waals surface area contributed by atoms with E-state index in [4.69, 9.17) is 0 Å². The summed E-state index contributed by atoms with van der Waals surface area (Å²) < 4.78 is 0. The molecule has 0 radical (unpaired) electrons. The standard InChI is InChI=1S/C13H18N2O4/c1-3-7-15-13(19)9-6-5-8(10(16)11(9)17)12(18)14-4-2/h5-6,16-17H,3-4,7H2,1-2H3,(H,14,18)(H,15,19). The van der Waals surface area contributed by atoms with E-state index in [1.54, 1.807) is 6.92 Å². The molecule has 0 aliphatic carbocycles. The van der Waals surface area contributed by atoms with Crippen molar-refractivity contribution in [3.63, 3.8) is 0 Å². The Hall–Kier alpha value is -2.24. The largest absolute Gasteiger partial charge is 0.504 e. The molecule has 0 fully saturated rings. The van der Waals surface area contributed by atoms with Crippen molar-refractivity contribution in [2.75, 3.05) is 13.1 Å². The molecule has 0 unspecified atom stereocenters. The van der Waals surface area contributed by atoms with Crippen molar-refractivity contribution >= 4 is 11.8 Å². The maximum absolute atomic E-state index is 11.7. The zero-order valence-corrected chi connectivity index (χ0v) is 11.0. The smallest absolute Gasteiger partial charge is 0.255 e. The highest BCUT2D eigenvalue weighted by Crippen LogP contribution is 2.32. The number of phenolic OH excluding ortho intramolecular Hbond substituents is 2. The van der Waals surface area contributed by atoms with Crippen LogP contribution in [0.2, 0.25) is 0 Å². The molecular formula is C13H18N2O4. The summed E-state index contributed by atoms with van der Waals surface area (Å²) in [6, 6.07) is 2.62. The summed E-state index contributed by atoms with van der Waals surface area (Å²) in [4.78, 5) is 23.3. The quantitative estimate of drug-likeness (QED) is 0.597. The van der Waals surface area contributed by atoms with E-state index in [9.17, 15) is 19.8 Å². The Bertz CT molecular complexity index is 486. The molecule has 0 aliphatic rings. The first-order chi connectivity index (χ1) is 9.02. The monoisotopic (exact) mass is 266 g/mol. The number of phenols is 2. The normalized spacial score (nSPS) is 10.0. The van der Waals surface area contributed by atoms with Gasteiger partial charge in [-0.1, -0.05) is 6.92 Å². The lowest BCUT2D eigenvalue weighted by Crippen LogP contribution is -2.25. The highest BCUT2D eigenvalue weighted by atomic mass is 16.3. The number of nitrogens with one attached hydrogen (secondary N) is 2. The van der Waals surface area contributed by atoms with Crippen LogP contribution < -0.4 is 10.6 Å². The third kappa shape index (κ3) is 3.37. The second-order valence-corrected chi connectivity index (χ2v) is 3.97. The summed E-state index contributed by atoms with van der Waals surface area (Å²) in [6.45, 7) is 4.51. The summed E-state index contributed by atoms with van der Waals surface area (Å²) >= 11 is 0. The van der Waals surface area contributed by atoms with Crippen LogP contribution in [-0.4, -0.2) is 35.1 Å². The zero-order chi connectivity index (χ0) is 14.4. The molecule has 104 valence electrons. The van der Waals surface area contributed by atoms with Gasteiger partial charge in [-0.05, 0) is 25.5 Å². The molecule has 0 saturated heterocycles. The molecule has 0 aromatic heterocycles. The fourth-order valence-corrected chi connectivity index (χ4v) is 1.54. The number of rotatable bonds is 5. The second kappa shape index (κ2) is 6.63. The van der Waals surface area contributed by atoms with Crippen molar-refractivity contribution in [1.29, 1.82) is 0 Å². The minimum Gasteiger partial charge on any atom is -0.504 e. The lowest BCUT2D eigenvalue weighted by Gasteiger charge is -2.10. The molecule has 0 heterocycles. The van der Waals surface area contributed by atoms with Crippen molar-refractivity contribution in [3.8, 4) is 11.5 Å². The van der Waals surface area contributed by atoms with Gasteiger partial charge in [0.05, 0.1) is 11.1 Å². The van der Waals surface area contributed by atoms with Crippen LogP contribution in [-0.2, 0) is 0 Å². The van der Waals surface area contributed by atoms with Crippen LogP contribution in [0.3, 0.4) is 0 Å². The van der Waals surface area contributed by atoms with Gasteiger partial charge in [0, 0.05) is 13.1 Å². The van der Waals surface area contributed by atoms with Gasteiger partial charge in [-0.2, -0.15) is 0 Å². The summed E-state index contributed by atoms with van der Waals surface area (Å²) in [6.07, 6.45) is 0.759. The average Bonchev–Trinajstić information content (AvgIpc) is 2.39. The molecule has 0 atom stereocenters. The minimum absolute atomic E-state index is 0.0565. The highest BCUT2D eigenvalue weighted by Gasteiger charge is 2.20. The van der Waals surface area contributed by atoms with E-state index >= 15 is 0 Å². The average molecular weight is 266 g/mol. The number of carbonyl (C=O) groups excluding carboxylic acids is 2. The van der Waals surface area contributed by atoms with Gasteiger partial charge in [0.1, 0.15) is 0 Å². The molecular weight excluding hydrogens is 248 g/mol.